The molecule has 3 aliphatic rings. The number of anilines is 2. The van der Waals surface area contributed by atoms with Gasteiger partial charge in [0.1, 0.15) is 0 Å². The molecule has 0 aliphatic carbocycles. The number of hydrogen-bond acceptors (Lipinski definition) is 7. The minimum atomic E-state index is 0.644. The molecule has 0 unspecified atom stereocenters. The molecule has 2 saturated heterocycles. The Balaban J connectivity index is 1.11. The first-order chi connectivity index (χ1) is 21.1. The monoisotopic (exact) mass is 568 g/mol. The quantitative estimate of drug-likeness (QED) is 0.259. The first-order valence-corrected chi connectivity index (χ1v) is 15.0. The van der Waals surface area contributed by atoms with Gasteiger partial charge in [-0.05, 0) is 85.1 Å². The van der Waals surface area contributed by atoms with Crippen LogP contribution >= 0.6 is 0 Å². The number of ether oxygens (including phenoxy) is 1. The third kappa shape index (κ3) is 4.03. The van der Waals surface area contributed by atoms with Crippen LogP contribution < -0.4 is 9.64 Å². The molecule has 0 spiro atoms. The van der Waals surface area contributed by atoms with E-state index in [1.807, 2.05) is 18.6 Å². The molecule has 2 fully saturated rings. The summed E-state index contributed by atoms with van der Waals surface area (Å²) in [6.45, 7) is 6.33. The number of aryl methyl sites for hydroxylation is 1. The first-order valence-electron chi connectivity index (χ1n) is 15.0. The lowest BCUT2D eigenvalue weighted by Crippen LogP contribution is -2.46. The van der Waals surface area contributed by atoms with Crippen molar-refractivity contribution in [3.05, 3.63) is 78.8 Å². The van der Waals surface area contributed by atoms with Gasteiger partial charge < -0.3 is 14.5 Å². The maximum atomic E-state index is 6.71. The number of fused-ring (bicyclic) bond motifs is 6. The second-order valence-corrected chi connectivity index (χ2v) is 12.3. The summed E-state index contributed by atoms with van der Waals surface area (Å²) in [5.74, 6) is 2.50. The molecule has 2 N–H and O–H groups in total. The maximum absolute atomic E-state index is 6.71. The van der Waals surface area contributed by atoms with Gasteiger partial charge in [0.2, 0.25) is 0 Å². The Morgan fingerprint density at radius 1 is 0.791 bits per heavy atom. The lowest BCUT2D eigenvalue weighted by Gasteiger charge is -2.36. The van der Waals surface area contributed by atoms with Crippen molar-refractivity contribution in [2.45, 2.75) is 25.4 Å². The largest absolute Gasteiger partial charge is 0.451 e. The molecule has 6 heterocycles. The van der Waals surface area contributed by atoms with Gasteiger partial charge in [-0.15, -0.1) is 0 Å². The number of aromatic nitrogens is 5. The number of nitrogens with one attached hydrogen (secondary N) is 2. The third-order valence-corrected chi connectivity index (χ3v) is 9.67. The summed E-state index contributed by atoms with van der Waals surface area (Å²) in [4.78, 5) is 12.6. The van der Waals surface area contributed by atoms with Crippen molar-refractivity contribution in [1.82, 2.24) is 35.2 Å². The van der Waals surface area contributed by atoms with Gasteiger partial charge >= 0.3 is 0 Å². The number of aromatic amines is 2. The standard InChI is InChI=1S/C34H32N8O/c1-20-9-31-32(14-28(20)22-4-6-30-25(11-22)17-37-39-30)43-33-12-23(21-3-5-29-24(10-21)16-36-38-29)15-35-34(33)42(31)8-7-41-19-26-13-27(41)18-40(26)2/h3-6,9-12,14-17,26-27H,7-8,13,18-19H2,1-2H3,(H,36,38)(H,37,39)/t26-,27-/m0/s1. The lowest BCUT2D eigenvalue weighted by molar-refractivity contribution is 0.153. The van der Waals surface area contributed by atoms with Crippen molar-refractivity contribution in [3.63, 3.8) is 0 Å². The molecule has 0 radical (unpaired) electrons. The topological polar surface area (TPSA) is 89.2 Å². The summed E-state index contributed by atoms with van der Waals surface area (Å²) in [6.07, 6.45) is 6.97. The molecule has 2 bridgehead atoms. The fraction of sp³-hybridized carbons (Fsp3) is 0.265. The number of piperazine rings is 1. The van der Waals surface area contributed by atoms with Crippen molar-refractivity contribution in [3.8, 4) is 33.8 Å². The number of likely N-dealkylation sites (tertiary alicyclic amines) is 2. The van der Waals surface area contributed by atoms with Gasteiger partial charge in [0.25, 0.3) is 0 Å². The fourth-order valence-corrected chi connectivity index (χ4v) is 7.29. The van der Waals surface area contributed by atoms with E-state index in [2.05, 4.69) is 104 Å². The zero-order valence-electron chi connectivity index (χ0n) is 24.2. The molecule has 3 aromatic carbocycles. The van der Waals surface area contributed by atoms with E-state index in [-0.39, 0.29) is 0 Å². The van der Waals surface area contributed by atoms with E-state index in [0.29, 0.717) is 12.1 Å². The van der Waals surface area contributed by atoms with E-state index in [1.54, 1.807) is 0 Å². The minimum Gasteiger partial charge on any atom is -0.451 e. The molecule has 0 amide bonds. The number of hydrogen-bond donors (Lipinski definition) is 2. The van der Waals surface area contributed by atoms with E-state index < -0.39 is 0 Å². The highest BCUT2D eigenvalue weighted by molar-refractivity contribution is 5.88. The highest BCUT2D eigenvalue weighted by atomic mass is 16.5. The van der Waals surface area contributed by atoms with Crippen LogP contribution in [-0.4, -0.2) is 80.5 Å². The summed E-state index contributed by atoms with van der Waals surface area (Å²) >= 11 is 0. The average Bonchev–Trinajstić information content (AvgIpc) is 3.83. The van der Waals surface area contributed by atoms with E-state index in [4.69, 9.17) is 9.72 Å². The number of rotatable bonds is 5. The Bertz CT molecular complexity index is 2030. The van der Waals surface area contributed by atoms with Crippen molar-refractivity contribution in [1.29, 1.82) is 0 Å². The number of nitrogens with zero attached hydrogens (tertiary/aromatic N) is 6. The highest BCUT2D eigenvalue weighted by Gasteiger charge is 2.41. The Kier molecular flexibility index (Phi) is 5.42. The summed E-state index contributed by atoms with van der Waals surface area (Å²) in [7, 11) is 2.26. The number of pyridine rings is 1. The van der Waals surface area contributed by atoms with Gasteiger partial charge in [0.05, 0.1) is 29.1 Å². The SMILES string of the molecule is Cc1cc2c(cc1-c1ccc3[nH]ncc3c1)Oc1cc(-c3ccc4[nH]ncc4c3)cnc1N2CCN1C[C@@H]2C[C@H]1CN2C. The van der Waals surface area contributed by atoms with Crippen LogP contribution in [0.4, 0.5) is 11.5 Å². The number of H-pyrrole nitrogens is 2. The van der Waals surface area contributed by atoms with Gasteiger partial charge in [-0.3, -0.25) is 15.1 Å². The molecular weight excluding hydrogens is 536 g/mol. The van der Waals surface area contributed by atoms with Gasteiger partial charge in [-0.25, -0.2) is 4.98 Å². The molecule has 9 rings (SSSR count). The zero-order chi connectivity index (χ0) is 28.7. The van der Waals surface area contributed by atoms with Crippen molar-refractivity contribution in [2.24, 2.45) is 0 Å². The molecule has 2 atom stereocenters. The van der Waals surface area contributed by atoms with Crippen LogP contribution in [0.15, 0.2) is 73.2 Å². The Morgan fingerprint density at radius 2 is 1.56 bits per heavy atom. The Hall–Kier alpha value is -4.73. The van der Waals surface area contributed by atoms with Crippen LogP contribution in [0.2, 0.25) is 0 Å². The van der Waals surface area contributed by atoms with Crippen LogP contribution in [-0.2, 0) is 0 Å². The second kappa shape index (κ2) is 9.39. The van der Waals surface area contributed by atoms with Gasteiger partial charge in [-0.1, -0.05) is 12.1 Å². The molecule has 9 nitrogen and oxygen atoms in total. The lowest BCUT2D eigenvalue weighted by atomic mass is 9.97. The van der Waals surface area contributed by atoms with E-state index in [9.17, 15) is 0 Å². The second-order valence-electron chi connectivity index (χ2n) is 12.3. The van der Waals surface area contributed by atoms with Crippen LogP contribution in [0.25, 0.3) is 44.1 Å². The summed E-state index contributed by atoms with van der Waals surface area (Å²) in [6, 6.07) is 20.6. The van der Waals surface area contributed by atoms with Crippen LogP contribution in [0.1, 0.15) is 12.0 Å². The molecular formula is C34H32N8O. The van der Waals surface area contributed by atoms with E-state index >= 15 is 0 Å². The highest BCUT2D eigenvalue weighted by Crippen LogP contribution is 2.49. The zero-order valence-corrected chi connectivity index (χ0v) is 24.2. The molecule has 3 aromatic heterocycles. The minimum absolute atomic E-state index is 0.644. The van der Waals surface area contributed by atoms with Gasteiger partial charge in [-0.2, -0.15) is 10.2 Å². The molecule has 214 valence electrons. The molecule has 3 aliphatic heterocycles. The van der Waals surface area contributed by atoms with Gasteiger partial charge in [0, 0.05) is 60.8 Å². The fourth-order valence-electron chi connectivity index (χ4n) is 7.29. The van der Waals surface area contributed by atoms with Crippen LogP contribution in [0, 0.1) is 6.92 Å². The Morgan fingerprint density at radius 3 is 2.30 bits per heavy atom. The van der Waals surface area contributed by atoms with E-state index in [1.165, 1.54) is 12.0 Å². The smallest absolute Gasteiger partial charge is 0.176 e. The van der Waals surface area contributed by atoms with Gasteiger partial charge in [0.15, 0.2) is 17.3 Å². The van der Waals surface area contributed by atoms with Crippen molar-refractivity contribution >= 4 is 33.3 Å². The third-order valence-electron chi connectivity index (χ3n) is 9.67. The predicted octanol–water partition coefficient (Wildman–Crippen LogP) is 6.11. The Labute approximate surface area is 249 Å². The van der Waals surface area contributed by atoms with Crippen LogP contribution in [0.5, 0.6) is 11.5 Å². The molecule has 9 heteroatoms. The molecule has 0 saturated carbocycles. The van der Waals surface area contributed by atoms with Crippen LogP contribution in [0.3, 0.4) is 0 Å². The van der Waals surface area contributed by atoms with Crippen molar-refractivity contribution < 1.29 is 4.74 Å². The summed E-state index contributed by atoms with van der Waals surface area (Å²) in [5.41, 5.74) is 8.72. The number of benzene rings is 3. The summed E-state index contributed by atoms with van der Waals surface area (Å²) < 4.78 is 6.71. The summed E-state index contributed by atoms with van der Waals surface area (Å²) in [5, 5.41) is 16.6. The van der Waals surface area contributed by atoms with Crippen molar-refractivity contribution in [2.75, 3.05) is 38.1 Å². The maximum Gasteiger partial charge on any atom is 0.176 e. The number of likely N-dealkylation sites (N-methyl/N-ethyl adjacent to an activating group) is 1. The average molecular weight is 569 g/mol. The van der Waals surface area contributed by atoms with E-state index in [0.717, 1.165) is 93.2 Å². The molecule has 43 heavy (non-hydrogen) atoms. The first kappa shape index (κ1) is 24.8. The predicted molar refractivity (Wildman–Crippen MR) is 169 cm³/mol. The normalized spacial score (nSPS) is 19.7. The molecule has 6 aromatic rings.